The Labute approximate surface area is 131 Å². The smallest absolute Gasteiger partial charge is 0.230 e. The number of rotatable bonds is 7. The third-order valence-electron chi connectivity index (χ3n) is 3.36. The predicted octanol–water partition coefficient (Wildman–Crippen LogP) is 2.55. The average molecular weight is 314 g/mol. The molecule has 0 bridgehead atoms. The number of likely N-dealkylation sites (N-methyl/N-ethyl adjacent to an activating group) is 1. The SMILES string of the molecule is COCC(O)CN(C)C(=O)C(c1cccc(Cl)c1)C(C)C. The standard InChI is InChI=1S/C16H24ClNO3/c1-11(2)15(12-6-5-7-13(17)8-12)16(20)18(3)9-14(19)10-21-4/h5-8,11,14-15,19H,9-10H2,1-4H3. The number of carbonyl (C=O) groups is 1. The number of carbonyl (C=O) groups excluding carboxylic acids is 1. The molecule has 0 saturated heterocycles. The Morgan fingerprint density at radius 3 is 2.62 bits per heavy atom. The average Bonchev–Trinajstić information content (AvgIpc) is 2.38. The van der Waals surface area contributed by atoms with Crippen molar-refractivity contribution in [2.75, 3.05) is 27.3 Å². The molecule has 0 fully saturated rings. The number of aliphatic hydroxyl groups excluding tert-OH is 1. The van der Waals surface area contributed by atoms with Crippen molar-refractivity contribution in [3.05, 3.63) is 34.9 Å². The fraction of sp³-hybridized carbons (Fsp3) is 0.562. The first-order valence-corrected chi connectivity index (χ1v) is 7.42. The van der Waals surface area contributed by atoms with E-state index in [0.29, 0.717) is 5.02 Å². The van der Waals surface area contributed by atoms with Crippen LogP contribution in [0.25, 0.3) is 0 Å². The van der Waals surface area contributed by atoms with Crippen molar-refractivity contribution in [1.29, 1.82) is 0 Å². The zero-order chi connectivity index (χ0) is 16.0. The highest BCUT2D eigenvalue weighted by Gasteiger charge is 2.28. The molecule has 0 aliphatic rings. The highest BCUT2D eigenvalue weighted by molar-refractivity contribution is 6.30. The molecular weight excluding hydrogens is 290 g/mol. The molecule has 118 valence electrons. The summed E-state index contributed by atoms with van der Waals surface area (Å²) in [5.41, 5.74) is 0.899. The van der Waals surface area contributed by atoms with Crippen LogP contribution >= 0.6 is 11.6 Å². The number of benzene rings is 1. The van der Waals surface area contributed by atoms with E-state index < -0.39 is 6.10 Å². The van der Waals surface area contributed by atoms with Gasteiger partial charge in [-0.25, -0.2) is 0 Å². The number of hydrogen-bond donors (Lipinski definition) is 1. The summed E-state index contributed by atoms with van der Waals surface area (Å²) < 4.78 is 4.89. The molecule has 2 unspecified atom stereocenters. The number of amides is 1. The number of ether oxygens (including phenoxy) is 1. The number of halogens is 1. The highest BCUT2D eigenvalue weighted by atomic mass is 35.5. The molecule has 1 aromatic carbocycles. The lowest BCUT2D eigenvalue weighted by Crippen LogP contribution is -2.40. The Hall–Kier alpha value is -1.10. The Morgan fingerprint density at radius 1 is 1.43 bits per heavy atom. The Kier molecular flexibility index (Phi) is 7.15. The van der Waals surface area contributed by atoms with Gasteiger partial charge >= 0.3 is 0 Å². The summed E-state index contributed by atoms with van der Waals surface area (Å²) >= 11 is 6.02. The monoisotopic (exact) mass is 313 g/mol. The molecule has 0 heterocycles. The lowest BCUT2D eigenvalue weighted by Gasteiger charge is -2.28. The van der Waals surface area contributed by atoms with E-state index in [1.54, 1.807) is 18.0 Å². The molecule has 0 aromatic heterocycles. The summed E-state index contributed by atoms with van der Waals surface area (Å²) in [7, 11) is 3.22. The maximum Gasteiger partial charge on any atom is 0.230 e. The Balaban J connectivity index is 2.88. The van der Waals surface area contributed by atoms with E-state index >= 15 is 0 Å². The van der Waals surface area contributed by atoms with Gasteiger partial charge in [0.05, 0.1) is 18.6 Å². The van der Waals surface area contributed by atoms with Crippen LogP contribution < -0.4 is 0 Å². The minimum Gasteiger partial charge on any atom is -0.389 e. The molecule has 1 amide bonds. The topological polar surface area (TPSA) is 49.8 Å². The van der Waals surface area contributed by atoms with E-state index in [1.165, 1.54) is 7.11 Å². The van der Waals surface area contributed by atoms with E-state index in [-0.39, 0.29) is 30.9 Å². The van der Waals surface area contributed by atoms with Crippen LogP contribution in [0.1, 0.15) is 25.3 Å². The van der Waals surface area contributed by atoms with Crippen molar-refractivity contribution in [3.8, 4) is 0 Å². The number of hydrogen-bond acceptors (Lipinski definition) is 3. The normalized spacial score (nSPS) is 14.0. The number of aliphatic hydroxyl groups is 1. The van der Waals surface area contributed by atoms with Gasteiger partial charge in [0.2, 0.25) is 5.91 Å². The van der Waals surface area contributed by atoms with Crippen molar-refractivity contribution in [2.45, 2.75) is 25.9 Å². The van der Waals surface area contributed by atoms with Crippen molar-refractivity contribution in [1.82, 2.24) is 4.90 Å². The number of methoxy groups -OCH3 is 1. The van der Waals surface area contributed by atoms with Crippen LogP contribution in [0.5, 0.6) is 0 Å². The quantitative estimate of drug-likeness (QED) is 0.841. The van der Waals surface area contributed by atoms with E-state index in [4.69, 9.17) is 16.3 Å². The van der Waals surface area contributed by atoms with Crippen molar-refractivity contribution >= 4 is 17.5 Å². The van der Waals surface area contributed by atoms with E-state index in [2.05, 4.69) is 0 Å². The van der Waals surface area contributed by atoms with Crippen LogP contribution in [-0.4, -0.2) is 49.3 Å². The van der Waals surface area contributed by atoms with Crippen LogP contribution in [0.15, 0.2) is 24.3 Å². The first kappa shape index (κ1) is 18.0. The molecule has 1 rings (SSSR count). The van der Waals surface area contributed by atoms with Crippen LogP contribution in [0.2, 0.25) is 5.02 Å². The van der Waals surface area contributed by atoms with Gasteiger partial charge in [-0.05, 0) is 23.6 Å². The second-order valence-electron chi connectivity index (χ2n) is 5.60. The first-order chi connectivity index (χ1) is 9.86. The maximum atomic E-state index is 12.7. The lowest BCUT2D eigenvalue weighted by molar-refractivity contribution is -0.134. The minimum absolute atomic E-state index is 0.0255. The zero-order valence-electron chi connectivity index (χ0n) is 13.0. The molecule has 0 saturated carbocycles. The van der Waals surface area contributed by atoms with Gasteiger partial charge in [-0.2, -0.15) is 0 Å². The third kappa shape index (κ3) is 5.30. The van der Waals surface area contributed by atoms with E-state index in [0.717, 1.165) is 5.56 Å². The summed E-state index contributed by atoms with van der Waals surface area (Å²) in [6.07, 6.45) is -0.684. The van der Waals surface area contributed by atoms with Gasteiger partial charge in [-0.3, -0.25) is 4.79 Å². The van der Waals surface area contributed by atoms with Crippen LogP contribution in [-0.2, 0) is 9.53 Å². The fourth-order valence-corrected chi connectivity index (χ4v) is 2.60. The molecule has 0 aliphatic heterocycles. The van der Waals surface area contributed by atoms with Gasteiger partial charge in [0.15, 0.2) is 0 Å². The summed E-state index contributed by atoms with van der Waals surface area (Å²) in [4.78, 5) is 14.2. The van der Waals surface area contributed by atoms with Crippen LogP contribution in [0.3, 0.4) is 0 Å². The Bertz CT molecular complexity index is 465. The van der Waals surface area contributed by atoms with Crippen LogP contribution in [0, 0.1) is 5.92 Å². The molecule has 0 aliphatic carbocycles. The van der Waals surface area contributed by atoms with Crippen molar-refractivity contribution < 1.29 is 14.6 Å². The maximum absolute atomic E-state index is 12.7. The largest absolute Gasteiger partial charge is 0.389 e. The van der Waals surface area contributed by atoms with Gasteiger partial charge in [0.1, 0.15) is 0 Å². The molecule has 5 heteroatoms. The predicted molar refractivity (Wildman–Crippen MR) is 84.6 cm³/mol. The second-order valence-corrected chi connectivity index (χ2v) is 6.04. The Morgan fingerprint density at radius 2 is 2.10 bits per heavy atom. The first-order valence-electron chi connectivity index (χ1n) is 7.04. The van der Waals surface area contributed by atoms with Gasteiger partial charge in [0.25, 0.3) is 0 Å². The molecule has 2 atom stereocenters. The summed E-state index contributed by atoms with van der Waals surface area (Å²) in [5, 5.41) is 10.4. The summed E-state index contributed by atoms with van der Waals surface area (Å²) in [6.45, 7) is 4.46. The highest BCUT2D eigenvalue weighted by Crippen LogP contribution is 2.28. The van der Waals surface area contributed by atoms with Gasteiger partial charge in [0, 0.05) is 25.7 Å². The van der Waals surface area contributed by atoms with Gasteiger partial charge in [-0.15, -0.1) is 0 Å². The zero-order valence-corrected chi connectivity index (χ0v) is 13.8. The molecule has 4 nitrogen and oxygen atoms in total. The van der Waals surface area contributed by atoms with Crippen molar-refractivity contribution in [2.24, 2.45) is 5.92 Å². The van der Waals surface area contributed by atoms with Crippen LogP contribution in [0.4, 0.5) is 0 Å². The minimum atomic E-state index is -0.684. The fourth-order valence-electron chi connectivity index (χ4n) is 2.40. The molecule has 0 radical (unpaired) electrons. The van der Waals surface area contributed by atoms with Gasteiger partial charge in [-0.1, -0.05) is 37.6 Å². The third-order valence-corrected chi connectivity index (χ3v) is 3.60. The number of nitrogens with zero attached hydrogens (tertiary/aromatic N) is 1. The lowest BCUT2D eigenvalue weighted by atomic mass is 9.87. The second kappa shape index (κ2) is 8.37. The van der Waals surface area contributed by atoms with E-state index in [9.17, 15) is 9.90 Å². The van der Waals surface area contributed by atoms with Gasteiger partial charge < -0.3 is 14.7 Å². The van der Waals surface area contributed by atoms with Crippen molar-refractivity contribution in [3.63, 3.8) is 0 Å². The summed E-state index contributed by atoms with van der Waals surface area (Å²) in [5.74, 6) is -0.163. The molecule has 1 aromatic rings. The summed E-state index contributed by atoms with van der Waals surface area (Å²) in [6, 6.07) is 7.37. The van der Waals surface area contributed by atoms with E-state index in [1.807, 2.05) is 32.0 Å². The molecular formula is C16H24ClNO3. The molecule has 0 spiro atoms. The molecule has 21 heavy (non-hydrogen) atoms. The molecule has 1 N–H and O–H groups in total.